The summed E-state index contributed by atoms with van der Waals surface area (Å²) in [7, 11) is 0. The number of ether oxygens (including phenoxy) is 1. The molecule has 1 unspecified atom stereocenters. The van der Waals surface area contributed by atoms with Gasteiger partial charge in [0.05, 0.1) is 0 Å². The van der Waals surface area contributed by atoms with Gasteiger partial charge in [-0.3, -0.25) is 4.79 Å². The second kappa shape index (κ2) is 10.4. The Morgan fingerprint density at radius 3 is 2.66 bits per heavy atom. The minimum absolute atomic E-state index is 0. The summed E-state index contributed by atoms with van der Waals surface area (Å²) in [4.78, 5) is 33.2. The fraction of sp³-hybridized carbons (Fsp3) is 0.200. The molecule has 1 aromatic heterocycles. The molecular weight excluding hydrogens is 391 g/mol. The Bertz CT molecular complexity index is 1050. The van der Waals surface area contributed by atoms with Crippen LogP contribution in [0, 0.1) is 6.92 Å². The molecule has 29 heavy (non-hydrogen) atoms. The van der Waals surface area contributed by atoms with Crippen molar-refractivity contribution >= 4 is 16.9 Å². The van der Waals surface area contributed by atoms with Crippen LogP contribution in [0.3, 0.4) is 0 Å². The van der Waals surface area contributed by atoms with E-state index in [-0.39, 0.29) is 59.5 Å². The van der Waals surface area contributed by atoms with Gasteiger partial charge in [-0.2, -0.15) is 4.89 Å². The molecule has 8 nitrogen and oxygen atoms in total. The first-order valence-electron chi connectivity index (χ1n) is 8.39. The van der Waals surface area contributed by atoms with Crippen LogP contribution in [-0.4, -0.2) is 30.4 Å². The molecule has 0 bridgehead atoms. The van der Waals surface area contributed by atoms with E-state index in [0.29, 0.717) is 5.75 Å². The van der Waals surface area contributed by atoms with E-state index < -0.39 is 23.3 Å². The van der Waals surface area contributed by atoms with E-state index in [1.54, 1.807) is 12.1 Å². The van der Waals surface area contributed by atoms with Crippen LogP contribution in [-0.2, 0) is 4.89 Å². The number of carbonyl (C=O) groups excluding carboxylic acids is 1. The molecule has 1 N–H and O–H groups in total. The number of aryl methyl sites for hydroxylation is 1. The van der Waals surface area contributed by atoms with Gasteiger partial charge in [0.25, 0.3) is 0 Å². The number of aliphatic hydroxyl groups is 1. The van der Waals surface area contributed by atoms with Crippen molar-refractivity contribution in [1.29, 1.82) is 0 Å². The number of hydrogen-bond acceptors (Lipinski definition) is 8. The molecule has 2 aromatic carbocycles. The molecule has 3 aromatic rings. The molecule has 0 fully saturated rings. The number of rotatable bonds is 8. The number of aliphatic hydroxyl groups excluding tert-OH is 1. The van der Waals surface area contributed by atoms with E-state index in [2.05, 4.69) is 0 Å². The summed E-state index contributed by atoms with van der Waals surface area (Å²) in [6, 6.07) is 12.5. The Kier molecular flexibility index (Phi) is 8.24. The summed E-state index contributed by atoms with van der Waals surface area (Å²) in [5.41, 5.74) is 0.448. The zero-order valence-corrected chi connectivity index (χ0v) is 17.9. The van der Waals surface area contributed by atoms with Crippen LogP contribution in [0.2, 0.25) is 0 Å². The van der Waals surface area contributed by atoms with Crippen molar-refractivity contribution < 1.29 is 63.5 Å². The minimum atomic E-state index is -1.59. The van der Waals surface area contributed by atoms with Crippen LogP contribution in [0.4, 0.5) is 0 Å². The maximum absolute atomic E-state index is 12.2. The third kappa shape index (κ3) is 6.06. The van der Waals surface area contributed by atoms with Crippen molar-refractivity contribution in [3.05, 3.63) is 70.1 Å². The molecular formula is C20H17NaO8. The predicted molar refractivity (Wildman–Crippen MR) is 96.1 cm³/mol. The average Bonchev–Trinajstić information content (AvgIpc) is 2.66. The Morgan fingerprint density at radius 2 is 1.93 bits per heavy atom. The van der Waals surface area contributed by atoms with Crippen molar-refractivity contribution in [3.63, 3.8) is 0 Å². The standard InChI is InChI=1S/C20H18O8.Na/c1-12-4-2-5-14(8-12)28-26-11-13(21)10-25-16-6-3-7-17-19(16)15(22)9-18(27-17)20(23)24;/h2-9,13,21H,10-11H2,1H3,(H,23,24);/q;+1/p-1. The quantitative estimate of drug-likeness (QED) is 0.264. The molecule has 9 heteroatoms. The largest absolute Gasteiger partial charge is 1.00 e. The van der Waals surface area contributed by atoms with E-state index in [1.165, 1.54) is 18.2 Å². The molecule has 0 saturated carbocycles. The van der Waals surface area contributed by atoms with Crippen LogP contribution in [0.25, 0.3) is 11.0 Å². The Labute approximate surface area is 187 Å². The average molecular weight is 408 g/mol. The molecule has 0 aliphatic heterocycles. The van der Waals surface area contributed by atoms with Gasteiger partial charge in [0.15, 0.2) is 16.9 Å². The molecule has 0 amide bonds. The van der Waals surface area contributed by atoms with Crippen molar-refractivity contribution in [2.45, 2.75) is 13.0 Å². The first-order chi connectivity index (χ1) is 13.4. The summed E-state index contributed by atoms with van der Waals surface area (Å²) >= 11 is 0. The summed E-state index contributed by atoms with van der Waals surface area (Å²) < 4.78 is 10.6. The van der Waals surface area contributed by atoms with Crippen LogP contribution in [0.1, 0.15) is 16.1 Å². The monoisotopic (exact) mass is 408 g/mol. The van der Waals surface area contributed by atoms with Gasteiger partial charge in [0, 0.05) is 6.07 Å². The molecule has 0 aliphatic rings. The molecule has 0 saturated heterocycles. The second-order valence-electron chi connectivity index (χ2n) is 6.04. The Hall–Kier alpha value is -2.36. The molecule has 3 rings (SSSR count). The van der Waals surface area contributed by atoms with Crippen LogP contribution < -0.4 is 49.7 Å². The van der Waals surface area contributed by atoms with Crippen molar-refractivity contribution in [2.24, 2.45) is 0 Å². The van der Waals surface area contributed by atoms with Crippen molar-refractivity contribution in [3.8, 4) is 11.5 Å². The molecule has 146 valence electrons. The third-order valence-electron chi connectivity index (χ3n) is 3.75. The summed E-state index contributed by atoms with van der Waals surface area (Å²) in [6.07, 6.45) is -1.03. The number of carbonyl (C=O) groups is 1. The predicted octanol–water partition coefficient (Wildman–Crippen LogP) is -1.78. The van der Waals surface area contributed by atoms with Gasteiger partial charge < -0.3 is 29.0 Å². The molecule has 0 radical (unpaired) electrons. The van der Waals surface area contributed by atoms with Crippen LogP contribution in [0.15, 0.2) is 57.7 Å². The Balaban J connectivity index is 0.00000300. The van der Waals surface area contributed by atoms with E-state index in [0.717, 1.165) is 11.6 Å². The number of fused-ring (bicyclic) bond motifs is 1. The maximum atomic E-state index is 12.2. The zero-order chi connectivity index (χ0) is 20.1. The number of carboxylic acid groups (broad SMARTS) is 1. The number of benzene rings is 2. The first-order valence-corrected chi connectivity index (χ1v) is 8.39. The number of hydrogen-bond donors (Lipinski definition) is 1. The van der Waals surface area contributed by atoms with Crippen molar-refractivity contribution in [1.82, 2.24) is 0 Å². The maximum Gasteiger partial charge on any atom is 1.00 e. The topological polar surface area (TPSA) is 118 Å². The Morgan fingerprint density at radius 1 is 1.17 bits per heavy atom. The van der Waals surface area contributed by atoms with E-state index >= 15 is 0 Å². The van der Waals surface area contributed by atoms with Gasteiger partial charge >= 0.3 is 29.6 Å². The normalized spacial score (nSPS) is 11.5. The van der Waals surface area contributed by atoms with Crippen molar-refractivity contribution in [2.75, 3.05) is 13.2 Å². The van der Waals surface area contributed by atoms with Gasteiger partial charge in [-0.15, -0.1) is 0 Å². The summed E-state index contributed by atoms with van der Waals surface area (Å²) in [5, 5.41) is 20.9. The minimum Gasteiger partial charge on any atom is -0.542 e. The summed E-state index contributed by atoms with van der Waals surface area (Å²) in [5.74, 6) is -1.51. The van der Waals surface area contributed by atoms with E-state index in [4.69, 9.17) is 18.9 Å². The molecule has 1 heterocycles. The summed E-state index contributed by atoms with van der Waals surface area (Å²) in [6.45, 7) is 1.56. The number of carboxylic acids is 1. The zero-order valence-electron chi connectivity index (χ0n) is 15.9. The van der Waals surface area contributed by atoms with Gasteiger partial charge in [0.1, 0.15) is 42.0 Å². The first kappa shape index (κ1) is 22.9. The van der Waals surface area contributed by atoms with Crippen LogP contribution >= 0.6 is 0 Å². The fourth-order valence-electron chi connectivity index (χ4n) is 2.48. The van der Waals surface area contributed by atoms with Crippen LogP contribution in [0.5, 0.6) is 11.5 Å². The van der Waals surface area contributed by atoms with Gasteiger partial charge in [-0.25, -0.2) is 0 Å². The fourth-order valence-corrected chi connectivity index (χ4v) is 2.48. The van der Waals surface area contributed by atoms with Gasteiger partial charge in [0.2, 0.25) is 0 Å². The number of aromatic carboxylic acids is 1. The van der Waals surface area contributed by atoms with Gasteiger partial charge in [-0.1, -0.05) is 18.2 Å². The SMILES string of the molecule is Cc1cccc(OOCC(O)COc2cccc3oc(C(=O)[O-])cc(=O)c23)c1.[Na+]. The van der Waals surface area contributed by atoms with Gasteiger partial charge in [-0.05, 0) is 36.8 Å². The molecule has 1 atom stereocenters. The smallest absolute Gasteiger partial charge is 0.542 e. The van der Waals surface area contributed by atoms with E-state index in [9.17, 15) is 19.8 Å². The molecule has 0 aliphatic carbocycles. The second-order valence-corrected chi connectivity index (χ2v) is 6.04. The third-order valence-corrected chi connectivity index (χ3v) is 3.75. The van der Waals surface area contributed by atoms with E-state index in [1.807, 2.05) is 19.1 Å². The molecule has 0 spiro atoms.